The molecule has 15 heteroatoms. The summed E-state index contributed by atoms with van der Waals surface area (Å²) in [4.78, 5) is 80.7. The van der Waals surface area contributed by atoms with E-state index in [1.54, 1.807) is 24.3 Å². The molecule has 1 aromatic carbocycles. The van der Waals surface area contributed by atoms with Crippen LogP contribution in [0, 0.1) is 0 Å². The standard InChI is InChI=1S/C29H45N9O6/c1-2-9-23(39)32-14-7-6-12-21-27(43)37-20(13-8-15-33-29(30)31)26(42)35-17-24(40)34-18-25(41)36-22(28(44)38-21)16-19-10-4-3-5-11-19/h3-5,10-11,20-22H,2,6-9,12-18H2,1H3,(H,32,39)(H,34,40)(H,35,42)(H,36,41)(H,37,43)(H,38,44)(H4,30,31,33)/t20-,21-,22+/m0/s1. The molecule has 1 fully saturated rings. The third kappa shape index (κ3) is 14.0. The summed E-state index contributed by atoms with van der Waals surface area (Å²) in [5.41, 5.74) is 11.5. The average Bonchev–Trinajstić information content (AvgIpc) is 2.99. The minimum Gasteiger partial charge on any atom is -0.370 e. The molecule has 0 aliphatic carbocycles. The van der Waals surface area contributed by atoms with Crippen molar-refractivity contribution in [2.24, 2.45) is 16.5 Å². The quantitative estimate of drug-likeness (QED) is 0.0704. The van der Waals surface area contributed by atoms with Crippen LogP contribution >= 0.6 is 0 Å². The molecule has 1 aliphatic rings. The molecule has 15 nitrogen and oxygen atoms in total. The first-order valence-electron chi connectivity index (χ1n) is 14.9. The molecule has 2 rings (SSSR count). The molecule has 6 amide bonds. The fraction of sp³-hybridized carbons (Fsp3) is 0.552. The van der Waals surface area contributed by atoms with Crippen molar-refractivity contribution in [3.8, 4) is 0 Å². The number of unbranched alkanes of at least 4 members (excludes halogenated alkanes) is 1. The lowest BCUT2D eigenvalue weighted by Gasteiger charge is -2.25. The number of hydrogen-bond acceptors (Lipinski definition) is 7. The highest BCUT2D eigenvalue weighted by molar-refractivity contribution is 5.96. The van der Waals surface area contributed by atoms with E-state index in [2.05, 4.69) is 36.9 Å². The third-order valence-corrected chi connectivity index (χ3v) is 6.73. The third-order valence-electron chi connectivity index (χ3n) is 6.73. The van der Waals surface area contributed by atoms with E-state index in [0.29, 0.717) is 32.2 Å². The molecule has 1 heterocycles. The first-order valence-corrected chi connectivity index (χ1v) is 14.9. The molecule has 0 unspecified atom stereocenters. The molecule has 0 bridgehead atoms. The van der Waals surface area contributed by atoms with E-state index >= 15 is 0 Å². The summed E-state index contributed by atoms with van der Waals surface area (Å²) in [7, 11) is 0. The second-order valence-electron chi connectivity index (χ2n) is 10.5. The number of hydrogen-bond donors (Lipinski definition) is 8. The number of rotatable bonds is 13. The molecule has 1 saturated heterocycles. The smallest absolute Gasteiger partial charge is 0.243 e. The minimum absolute atomic E-state index is 0.0606. The number of nitrogens with zero attached hydrogens (tertiary/aromatic N) is 1. The summed E-state index contributed by atoms with van der Waals surface area (Å²) in [6.45, 7) is 1.68. The minimum atomic E-state index is -1.05. The molecule has 0 radical (unpaired) electrons. The lowest BCUT2D eigenvalue weighted by atomic mass is 10.0. The number of guanidine groups is 1. The normalized spacial score (nSPS) is 20.0. The van der Waals surface area contributed by atoms with E-state index in [1.165, 1.54) is 0 Å². The van der Waals surface area contributed by atoms with E-state index in [0.717, 1.165) is 12.0 Å². The molecule has 3 atom stereocenters. The van der Waals surface area contributed by atoms with Crippen LogP contribution < -0.4 is 43.4 Å². The molecule has 242 valence electrons. The van der Waals surface area contributed by atoms with Crippen LogP contribution in [0.1, 0.15) is 57.4 Å². The Hall–Kier alpha value is -4.69. The molecule has 1 aliphatic heterocycles. The van der Waals surface area contributed by atoms with Crippen LogP contribution in [0.3, 0.4) is 0 Å². The monoisotopic (exact) mass is 615 g/mol. The van der Waals surface area contributed by atoms with Crippen molar-refractivity contribution < 1.29 is 28.8 Å². The first kappa shape index (κ1) is 35.5. The maximum atomic E-state index is 13.5. The number of benzene rings is 1. The number of carbonyl (C=O) groups is 6. The topological polar surface area (TPSA) is 239 Å². The second kappa shape index (κ2) is 19.5. The summed E-state index contributed by atoms with van der Waals surface area (Å²) in [6, 6.07) is 5.87. The Bertz CT molecular complexity index is 1160. The zero-order valence-electron chi connectivity index (χ0n) is 25.2. The van der Waals surface area contributed by atoms with Crippen molar-refractivity contribution >= 4 is 41.4 Å². The van der Waals surface area contributed by atoms with Gasteiger partial charge in [0.15, 0.2) is 5.96 Å². The molecule has 10 N–H and O–H groups in total. The fourth-order valence-corrected chi connectivity index (χ4v) is 4.44. The SMILES string of the molecule is CCCC(=O)NCCCC[C@@H]1NC(=O)[C@@H](Cc2ccccc2)NC(=O)CNC(=O)CNC(=O)[C@H](CCCN=C(N)N)NC1=O. The fourth-order valence-electron chi connectivity index (χ4n) is 4.44. The van der Waals surface area contributed by atoms with Crippen molar-refractivity contribution in [1.82, 2.24) is 31.9 Å². The van der Waals surface area contributed by atoms with Gasteiger partial charge in [-0.1, -0.05) is 37.3 Å². The Labute approximate surface area is 257 Å². The van der Waals surface area contributed by atoms with E-state index < -0.39 is 60.8 Å². The van der Waals surface area contributed by atoms with Gasteiger partial charge in [-0.15, -0.1) is 0 Å². The Morgan fingerprint density at radius 2 is 1.45 bits per heavy atom. The summed E-state index contributed by atoms with van der Waals surface area (Å²) in [5, 5.41) is 15.8. The van der Waals surface area contributed by atoms with Gasteiger partial charge >= 0.3 is 0 Å². The summed E-state index contributed by atoms with van der Waals surface area (Å²) >= 11 is 0. The van der Waals surface area contributed by atoms with Crippen LogP contribution in [0.5, 0.6) is 0 Å². The van der Waals surface area contributed by atoms with Gasteiger partial charge in [0.05, 0.1) is 13.1 Å². The van der Waals surface area contributed by atoms with Crippen LogP contribution in [-0.2, 0) is 35.2 Å². The Balaban J connectivity index is 2.28. The van der Waals surface area contributed by atoms with E-state index in [9.17, 15) is 28.8 Å². The number of nitrogens with one attached hydrogen (secondary N) is 6. The van der Waals surface area contributed by atoms with Crippen molar-refractivity contribution in [2.45, 2.75) is 76.4 Å². The molecular formula is C29H45N9O6. The van der Waals surface area contributed by atoms with Gasteiger partial charge in [-0.2, -0.15) is 0 Å². The lowest BCUT2D eigenvalue weighted by Crippen LogP contribution is -2.57. The Kier molecular flexibility index (Phi) is 15.7. The Morgan fingerprint density at radius 1 is 0.818 bits per heavy atom. The van der Waals surface area contributed by atoms with Crippen molar-refractivity contribution in [3.63, 3.8) is 0 Å². The van der Waals surface area contributed by atoms with Crippen LogP contribution in [0.2, 0.25) is 0 Å². The Morgan fingerprint density at radius 3 is 2.14 bits per heavy atom. The highest BCUT2D eigenvalue weighted by Crippen LogP contribution is 2.08. The molecule has 0 saturated carbocycles. The van der Waals surface area contributed by atoms with Gasteiger partial charge in [0, 0.05) is 25.9 Å². The van der Waals surface area contributed by atoms with Crippen LogP contribution in [0.15, 0.2) is 35.3 Å². The van der Waals surface area contributed by atoms with Crippen molar-refractivity contribution in [2.75, 3.05) is 26.2 Å². The lowest BCUT2D eigenvalue weighted by molar-refractivity contribution is -0.133. The average molecular weight is 616 g/mol. The van der Waals surface area contributed by atoms with E-state index in [4.69, 9.17) is 11.5 Å². The summed E-state index contributed by atoms with van der Waals surface area (Å²) < 4.78 is 0. The van der Waals surface area contributed by atoms with Gasteiger partial charge in [0.25, 0.3) is 0 Å². The predicted molar refractivity (Wildman–Crippen MR) is 164 cm³/mol. The first-order chi connectivity index (χ1) is 21.1. The maximum Gasteiger partial charge on any atom is 0.243 e. The molecule has 1 aromatic rings. The van der Waals surface area contributed by atoms with Gasteiger partial charge in [-0.3, -0.25) is 33.8 Å². The number of aliphatic imine (C=N–C) groups is 1. The van der Waals surface area contributed by atoms with Gasteiger partial charge in [0.2, 0.25) is 35.4 Å². The van der Waals surface area contributed by atoms with E-state index in [-0.39, 0.29) is 37.7 Å². The second-order valence-corrected chi connectivity index (χ2v) is 10.5. The largest absolute Gasteiger partial charge is 0.370 e. The molecule has 0 spiro atoms. The zero-order chi connectivity index (χ0) is 32.3. The number of amides is 6. The van der Waals surface area contributed by atoms with E-state index in [1.807, 2.05) is 13.0 Å². The van der Waals surface area contributed by atoms with Crippen LogP contribution in [0.4, 0.5) is 0 Å². The summed E-state index contributed by atoms with van der Waals surface area (Å²) in [5.74, 6) is -3.25. The van der Waals surface area contributed by atoms with Gasteiger partial charge in [-0.25, -0.2) is 0 Å². The molecule has 0 aromatic heterocycles. The highest BCUT2D eigenvalue weighted by atomic mass is 16.2. The van der Waals surface area contributed by atoms with Gasteiger partial charge in [0.1, 0.15) is 18.1 Å². The number of carbonyl (C=O) groups excluding carboxylic acids is 6. The predicted octanol–water partition coefficient (Wildman–Crippen LogP) is -1.93. The van der Waals surface area contributed by atoms with Gasteiger partial charge in [-0.05, 0) is 44.1 Å². The molecule has 44 heavy (non-hydrogen) atoms. The van der Waals surface area contributed by atoms with Gasteiger partial charge < -0.3 is 43.4 Å². The highest BCUT2D eigenvalue weighted by Gasteiger charge is 2.30. The van der Waals surface area contributed by atoms with Crippen LogP contribution in [0.25, 0.3) is 0 Å². The van der Waals surface area contributed by atoms with Crippen molar-refractivity contribution in [3.05, 3.63) is 35.9 Å². The number of nitrogens with two attached hydrogens (primary N) is 2. The molecular weight excluding hydrogens is 570 g/mol. The van der Waals surface area contributed by atoms with Crippen LogP contribution in [-0.4, -0.2) is 85.7 Å². The van der Waals surface area contributed by atoms with Crippen molar-refractivity contribution in [1.29, 1.82) is 0 Å². The maximum absolute atomic E-state index is 13.5. The zero-order valence-corrected chi connectivity index (χ0v) is 25.2. The summed E-state index contributed by atoms with van der Waals surface area (Å²) in [6.07, 6.45) is 3.00.